The molecule has 0 bridgehead atoms. The highest BCUT2D eigenvalue weighted by Gasteiger charge is 1.88. The first-order valence-electron chi connectivity index (χ1n) is 3.03. The summed E-state index contributed by atoms with van der Waals surface area (Å²) in [4.78, 5) is 4.08. The number of hydrogen-bond acceptors (Lipinski definition) is 1. The molecule has 0 aromatic carbocycles. The topological polar surface area (TPSA) is 12.4 Å². The zero-order chi connectivity index (χ0) is 7.28. The van der Waals surface area contributed by atoms with E-state index < -0.39 is 0 Å². The van der Waals surface area contributed by atoms with Crippen LogP contribution in [0.4, 0.5) is 0 Å². The van der Waals surface area contributed by atoms with Gasteiger partial charge in [0.15, 0.2) is 0 Å². The first kappa shape index (κ1) is 8.15. The SMILES string of the molecule is C=C(C)/C(=C/C)N=CC. The Bertz CT molecular complexity index is 152. The molecule has 0 atom stereocenters. The van der Waals surface area contributed by atoms with Gasteiger partial charge in [-0.2, -0.15) is 0 Å². The van der Waals surface area contributed by atoms with Crippen molar-refractivity contribution in [1.29, 1.82) is 0 Å². The third kappa shape index (κ3) is 2.85. The van der Waals surface area contributed by atoms with E-state index in [2.05, 4.69) is 11.6 Å². The molecule has 50 valence electrons. The molecular formula is C8H13N. The minimum absolute atomic E-state index is 0.970. The summed E-state index contributed by atoms with van der Waals surface area (Å²) in [5.41, 5.74) is 1.98. The van der Waals surface area contributed by atoms with E-state index >= 15 is 0 Å². The van der Waals surface area contributed by atoms with Crippen LogP contribution in [0.2, 0.25) is 0 Å². The van der Waals surface area contributed by atoms with Crippen molar-refractivity contribution in [3.05, 3.63) is 23.9 Å². The molecule has 0 N–H and O–H groups in total. The van der Waals surface area contributed by atoms with Gasteiger partial charge >= 0.3 is 0 Å². The quantitative estimate of drug-likeness (QED) is 0.395. The third-order valence-corrected chi connectivity index (χ3v) is 0.979. The second-order valence-corrected chi connectivity index (χ2v) is 1.84. The average Bonchev–Trinajstić information content (AvgIpc) is 1.82. The number of nitrogens with zero attached hydrogens (tertiary/aromatic N) is 1. The molecule has 0 amide bonds. The summed E-state index contributed by atoms with van der Waals surface area (Å²) in [6.45, 7) is 9.56. The van der Waals surface area contributed by atoms with Crippen molar-refractivity contribution < 1.29 is 0 Å². The molecule has 0 fully saturated rings. The fourth-order valence-electron chi connectivity index (χ4n) is 0.570. The van der Waals surface area contributed by atoms with Gasteiger partial charge in [-0.3, -0.25) is 4.99 Å². The van der Waals surface area contributed by atoms with E-state index in [0.717, 1.165) is 11.3 Å². The molecule has 0 unspecified atom stereocenters. The molecule has 0 spiro atoms. The Morgan fingerprint density at radius 2 is 2.00 bits per heavy atom. The van der Waals surface area contributed by atoms with Crippen LogP contribution in [-0.4, -0.2) is 6.21 Å². The molecule has 0 saturated carbocycles. The van der Waals surface area contributed by atoms with Crippen molar-refractivity contribution in [3.8, 4) is 0 Å². The predicted molar refractivity (Wildman–Crippen MR) is 42.7 cm³/mol. The number of hydrogen-bond donors (Lipinski definition) is 0. The van der Waals surface area contributed by atoms with E-state index in [1.807, 2.05) is 26.8 Å². The largest absolute Gasteiger partial charge is 0.262 e. The molecule has 0 rings (SSSR count). The van der Waals surface area contributed by atoms with Crippen molar-refractivity contribution in [3.63, 3.8) is 0 Å². The fraction of sp³-hybridized carbons (Fsp3) is 0.375. The molecule has 0 heterocycles. The van der Waals surface area contributed by atoms with Crippen LogP contribution in [0.5, 0.6) is 0 Å². The van der Waals surface area contributed by atoms with E-state index in [-0.39, 0.29) is 0 Å². The maximum absolute atomic E-state index is 4.08. The first-order chi connectivity index (χ1) is 4.22. The lowest BCUT2D eigenvalue weighted by atomic mass is 10.2. The number of aliphatic imine (C=N–C) groups is 1. The summed E-state index contributed by atoms with van der Waals surface area (Å²) < 4.78 is 0. The monoisotopic (exact) mass is 123 g/mol. The summed E-state index contributed by atoms with van der Waals surface area (Å²) in [5, 5.41) is 0. The molecule has 0 radical (unpaired) electrons. The molecular weight excluding hydrogens is 110 g/mol. The average molecular weight is 123 g/mol. The minimum atomic E-state index is 0.970. The third-order valence-electron chi connectivity index (χ3n) is 0.979. The highest BCUT2D eigenvalue weighted by molar-refractivity contribution is 5.56. The zero-order valence-corrected chi connectivity index (χ0v) is 6.31. The van der Waals surface area contributed by atoms with Gasteiger partial charge in [-0.15, -0.1) is 0 Å². The van der Waals surface area contributed by atoms with Gasteiger partial charge in [0.05, 0.1) is 5.70 Å². The Morgan fingerprint density at radius 1 is 1.44 bits per heavy atom. The van der Waals surface area contributed by atoms with Crippen LogP contribution in [0, 0.1) is 0 Å². The Hall–Kier alpha value is -0.850. The Balaban J connectivity index is 4.19. The van der Waals surface area contributed by atoms with Crippen LogP contribution in [0.1, 0.15) is 20.8 Å². The second-order valence-electron chi connectivity index (χ2n) is 1.84. The Kier molecular flexibility index (Phi) is 3.69. The van der Waals surface area contributed by atoms with Crippen LogP contribution >= 0.6 is 0 Å². The van der Waals surface area contributed by atoms with Crippen molar-refractivity contribution in [2.75, 3.05) is 0 Å². The molecule has 1 heteroatoms. The van der Waals surface area contributed by atoms with E-state index in [0.29, 0.717) is 0 Å². The Morgan fingerprint density at radius 3 is 2.11 bits per heavy atom. The maximum Gasteiger partial charge on any atom is 0.0606 e. The van der Waals surface area contributed by atoms with Gasteiger partial charge in [-0.1, -0.05) is 12.7 Å². The summed E-state index contributed by atoms with van der Waals surface area (Å²) in [7, 11) is 0. The zero-order valence-electron chi connectivity index (χ0n) is 6.31. The molecule has 0 saturated heterocycles. The molecule has 1 nitrogen and oxygen atoms in total. The van der Waals surface area contributed by atoms with E-state index in [1.165, 1.54) is 0 Å². The highest BCUT2D eigenvalue weighted by Crippen LogP contribution is 2.05. The van der Waals surface area contributed by atoms with Gasteiger partial charge in [-0.25, -0.2) is 0 Å². The van der Waals surface area contributed by atoms with Gasteiger partial charge < -0.3 is 0 Å². The van der Waals surface area contributed by atoms with Crippen LogP contribution in [0.25, 0.3) is 0 Å². The van der Waals surface area contributed by atoms with Crippen LogP contribution < -0.4 is 0 Å². The minimum Gasteiger partial charge on any atom is -0.262 e. The molecule has 9 heavy (non-hydrogen) atoms. The lowest BCUT2D eigenvalue weighted by Crippen LogP contribution is -1.77. The lowest BCUT2D eigenvalue weighted by Gasteiger charge is -1.95. The van der Waals surface area contributed by atoms with E-state index in [1.54, 1.807) is 6.21 Å². The maximum atomic E-state index is 4.08. The molecule has 0 aliphatic rings. The van der Waals surface area contributed by atoms with Crippen molar-refractivity contribution >= 4 is 6.21 Å². The smallest absolute Gasteiger partial charge is 0.0606 e. The first-order valence-corrected chi connectivity index (χ1v) is 3.03. The van der Waals surface area contributed by atoms with Crippen LogP contribution in [0.3, 0.4) is 0 Å². The summed E-state index contributed by atoms with van der Waals surface area (Å²) in [5.74, 6) is 0. The molecule has 0 aliphatic heterocycles. The molecule has 0 aromatic heterocycles. The Labute approximate surface area is 56.8 Å². The highest BCUT2D eigenvalue weighted by atomic mass is 14.7. The van der Waals surface area contributed by atoms with Crippen LogP contribution in [0.15, 0.2) is 28.9 Å². The predicted octanol–water partition coefficient (Wildman–Crippen LogP) is 2.56. The van der Waals surface area contributed by atoms with Crippen LogP contribution in [-0.2, 0) is 0 Å². The van der Waals surface area contributed by atoms with Gasteiger partial charge in [0.25, 0.3) is 0 Å². The van der Waals surface area contributed by atoms with Crippen molar-refractivity contribution in [1.82, 2.24) is 0 Å². The second kappa shape index (κ2) is 4.07. The number of rotatable bonds is 2. The number of allylic oxidation sites excluding steroid dienone is 2. The van der Waals surface area contributed by atoms with Gasteiger partial charge in [0, 0.05) is 6.21 Å². The molecule has 0 aromatic rings. The van der Waals surface area contributed by atoms with Crippen molar-refractivity contribution in [2.45, 2.75) is 20.8 Å². The van der Waals surface area contributed by atoms with Gasteiger partial charge in [-0.05, 0) is 26.3 Å². The molecule has 0 aliphatic carbocycles. The van der Waals surface area contributed by atoms with Gasteiger partial charge in [0.1, 0.15) is 0 Å². The van der Waals surface area contributed by atoms with E-state index in [9.17, 15) is 0 Å². The lowest BCUT2D eigenvalue weighted by molar-refractivity contribution is 1.29. The summed E-state index contributed by atoms with van der Waals surface area (Å²) >= 11 is 0. The fourth-order valence-corrected chi connectivity index (χ4v) is 0.570. The van der Waals surface area contributed by atoms with Crippen molar-refractivity contribution in [2.24, 2.45) is 4.99 Å². The summed E-state index contributed by atoms with van der Waals surface area (Å²) in [6, 6.07) is 0. The normalized spacial score (nSPS) is 12.6. The van der Waals surface area contributed by atoms with Gasteiger partial charge in [0.2, 0.25) is 0 Å². The summed E-state index contributed by atoms with van der Waals surface area (Å²) in [6.07, 6.45) is 3.71. The standard InChI is InChI=1S/C8H13N/c1-5-8(7(3)4)9-6-2/h5-6H,3H2,1-2,4H3/b8-5-,9-6?. The van der Waals surface area contributed by atoms with E-state index in [4.69, 9.17) is 0 Å².